The zero-order chi connectivity index (χ0) is 23.7. The number of aromatic amines is 1. The molecule has 0 aliphatic rings. The standard InChI is InChI=1S/C23H32N4O5/c1-4-6-13-26(20-21(24)27(12-5-2)23(31)25-22(20)30)18(28)15-32-19(29)14-16(3)17-10-8-7-9-11-17/h7-11,16H,4-6,12-15,24H2,1-3H3,(H,25,30,31). The first-order valence-electron chi connectivity index (χ1n) is 10.9. The first-order valence-corrected chi connectivity index (χ1v) is 10.9. The zero-order valence-electron chi connectivity index (χ0n) is 18.9. The lowest BCUT2D eigenvalue weighted by Crippen LogP contribution is -2.43. The van der Waals surface area contributed by atoms with Crippen LogP contribution in [0.3, 0.4) is 0 Å². The average molecular weight is 445 g/mol. The molecule has 0 aliphatic carbocycles. The van der Waals surface area contributed by atoms with Crippen molar-refractivity contribution in [3.8, 4) is 0 Å². The minimum atomic E-state index is -0.742. The van der Waals surface area contributed by atoms with Crippen molar-refractivity contribution < 1.29 is 14.3 Å². The van der Waals surface area contributed by atoms with Gasteiger partial charge < -0.3 is 15.4 Å². The highest BCUT2D eigenvalue weighted by Gasteiger charge is 2.25. The van der Waals surface area contributed by atoms with Gasteiger partial charge in [-0.2, -0.15) is 0 Å². The number of ether oxygens (including phenoxy) is 1. The van der Waals surface area contributed by atoms with Gasteiger partial charge in [0.1, 0.15) is 5.82 Å². The van der Waals surface area contributed by atoms with Gasteiger partial charge in [-0.05, 0) is 24.3 Å². The van der Waals surface area contributed by atoms with Crippen LogP contribution in [0.4, 0.5) is 11.5 Å². The maximum Gasteiger partial charge on any atom is 0.330 e. The number of amides is 1. The summed E-state index contributed by atoms with van der Waals surface area (Å²) in [5.74, 6) is -1.22. The molecule has 0 bridgehead atoms. The highest BCUT2D eigenvalue weighted by atomic mass is 16.5. The predicted octanol–water partition coefficient (Wildman–Crippen LogP) is 2.40. The van der Waals surface area contributed by atoms with Crippen LogP contribution in [0.1, 0.15) is 57.9 Å². The second-order valence-corrected chi connectivity index (χ2v) is 7.72. The summed E-state index contributed by atoms with van der Waals surface area (Å²) >= 11 is 0. The fourth-order valence-corrected chi connectivity index (χ4v) is 3.39. The number of aromatic nitrogens is 2. The van der Waals surface area contributed by atoms with Gasteiger partial charge in [0.25, 0.3) is 11.5 Å². The molecule has 1 aromatic heterocycles. The number of benzene rings is 1. The van der Waals surface area contributed by atoms with Crippen molar-refractivity contribution in [3.63, 3.8) is 0 Å². The molecule has 2 aromatic rings. The van der Waals surface area contributed by atoms with E-state index >= 15 is 0 Å². The van der Waals surface area contributed by atoms with Crippen molar-refractivity contribution in [1.82, 2.24) is 9.55 Å². The second-order valence-electron chi connectivity index (χ2n) is 7.72. The topological polar surface area (TPSA) is 127 Å². The molecule has 0 radical (unpaired) electrons. The number of carbonyl (C=O) groups excluding carboxylic acids is 2. The van der Waals surface area contributed by atoms with E-state index in [2.05, 4.69) is 4.98 Å². The Labute approximate surface area is 187 Å². The fourth-order valence-electron chi connectivity index (χ4n) is 3.39. The number of nitrogens with zero attached hydrogens (tertiary/aromatic N) is 2. The van der Waals surface area contributed by atoms with Gasteiger partial charge in [0.2, 0.25) is 0 Å². The molecule has 3 N–H and O–H groups in total. The van der Waals surface area contributed by atoms with E-state index in [1.54, 1.807) is 0 Å². The monoisotopic (exact) mass is 444 g/mol. The number of hydrogen-bond acceptors (Lipinski definition) is 6. The van der Waals surface area contributed by atoms with Crippen LogP contribution in [-0.2, 0) is 20.9 Å². The molecule has 0 saturated carbocycles. The number of nitrogens with two attached hydrogens (primary N) is 1. The van der Waals surface area contributed by atoms with Gasteiger partial charge in [-0.1, -0.05) is 57.5 Å². The van der Waals surface area contributed by atoms with E-state index in [9.17, 15) is 19.2 Å². The van der Waals surface area contributed by atoms with Gasteiger partial charge in [-0.15, -0.1) is 0 Å². The Morgan fingerprint density at radius 1 is 1.16 bits per heavy atom. The van der Waals surface area contributed by atoms with Crippen molar-refractivity contribution >= 4 is 23.4 Å². The molecule has 0 aliphatic heterocycles. The molecule has 0 fully saturated rings. The van der Waals surface area contributed by atoms with E-state index in [4.69, 9.17) is 10.5 Å². The minimum absolute atomic E-state index is 0.0638. The molecule has 9 nitrogen and oxygen atoms in total. The molecular formula is C23H32N4O5. The van der Waals surface area contributed by atoms with Crippen LogP contribution in [-0.4, -0.2) is 34.6 Å². The van der Waals surface area contributed by atoms with E-state index in [1.165, 1.54) is 9.47 Å². The van der Waals surface area contributed by atoms with Gasteiger partial charge in [-0.25, -0.2) is 4.79 Å². The van der Waals surface area contributed by atoms with E-state index < -0.39 is 29.7 Å². The maximum absolute atomic E-state index is 12.9. The number of hydrogen-bond donors (Lipinski definition) is 2. The van der Waals surface area contributed by atoms with Gasteiger partial charge in [0.15, 0.2) is 12.3 Å². The molecule has 0 saturated heterocycles. The number of nitrogen functional groups attached to an aromatic ring is 1. The molecule has 1 amide bonds. The molecule has 1 aromatic carbocycles. The predicted molar refractivity (Wildman–Crippen MR) is 124 cm³/mol. The Hall–Kier alpha value is -3.36. The van der Waals surface area contributed by atoms with Crippen LogP contribution < -0.4 is 21.9 Å². The van der Waals surface area contributed by atoms with Crippen LogP contribution in [0.25, 0.3) is 0 Å². The number of carbonyl (C=O) groups is 2. The molecule has 1 heterocycles. The number of unbranched alkanes of at least 4 members (excludes halogenated alkanes) is 1. The fraction of sp³-hybridized carbons (Fsp3) is 0.478. The van der Waals surface area contributed by atoms with Crippen molar-refractivity contribution in [1.29, 1.82) is 0 Å². The summed E-state index contributed by atoms with van der Waals surface area (Å²) in [5, 5.41) is 0. The Bertz CT molecular complexity index is 1030. The molecule has 2 rings (SSSR count). The van der Waals surface area contributed by atoms with Crippen molar-refractivity contribution in [2.75, 3.05) is 23.8 Å². The first-order chi connectivity index (χ1) is 15.3. The van der Waals surface area contributed by atoms with Crippen LogP contribution in [0, 0.1) is 0 Å². The van der Waals surface area contributed by atoms with Gasteiger partial charge in [0.05, 0.1) is 6.42 Å². The third kappa shape index (κ3) is 6.32. The number of nitrogens with one attached hydrogen (secondary N) is 1. The number of rotatable bonds is 11. The summed E-state index contributed by atoms with van der Waals surface area (Å²) in [4.78, 5) is 53.3. The third-order valence-electron chi connectivity index (χ3n) is 5.17. The summed E-state index contributed by atoms with van der Waals surface area (Å²) in [7, 11) is 0. The Balaban J connectivity index is 2.17. The summed E-state index contributed by atoms with van der Waals surface area (Å²) in [6, 6.07) is 9.54. The van der Waals surface area contributed by atoms with E-state index in [0.717, 1.165) is 12.0 Å². The smallest absolute Gasteiger partial charge is 0.330 e. The largest absolute Gasteiger partial charge is 0.456 e. The number of esters is 1. The minimum Gasteiger partial charge on any atom is -0.456 e. The molecule has 0 spiro atoms. The van der Waals surface area contributed by atoms with Crippen LogP contribution in [0.5, 0.6) is 0 Å². The van der Waals surface area contributed by atoms with Crippen molar-refractivity contribution in [3.05, 3.63) is 56.7 Å². The Kier molecular flexibility index (Phi) is 9.24. The first kappa shape index (κ1) is 24.9. The van der Waals surface area contributed by atoms with E-state index in [0.29, 0.717) is 19.4 Å². The lowest BCUT2D eigenvalue weighted by Gasteiger charge is -2.24. The molecule has 1 unspecified atom stereocenters. The second kappa shape index (κ2) is 11.9. The SMILES string of the molecule is CCCCN(C(=O)COC(=O)CC(C)c1ccccc1)c1c(N)n(CCC)c(=O)[nH]c1=O. The highest BCUT2D eigenvalue weighted by molar-refractivity contribution is 5.97. The normalized spacial score (nSPS) is 11.7. The van der Waals surface area contributed by atoms with Crippen molar-refractivity contribution in [2.45, 2.75) is 58.9 Å². The molecule has 174 valence electrons. The number of H-pyrrole nitrogens is 1. The van der Waals surface area contributed by atoms with Crippen LogP contribution in [0.2, 0.25) is 0 Å². The summed E-state index contributed by atoms with van der Waals surface area (Å²) in [6.07, 6.45) is 2.12. The van der Waals surface area contributed by atoms with Gasteiger partial charge in [-0.3, -0.25) is 23.9 Å². The van der Waals surface area contributed by atoms with E-state index in [-0.39, 0.29) is 30.4 Å². The molecule has 9 heteroatoms. The quantitative estimate of drug-likeness (QED) is 0.512. The Morgan fingerprint density at radius 2 is 1.84 bits per heavy atom. The van der Waals surface area contributed by atoms with Crippen molar-refractivity contribution in [2.24, 2.45) is 0 Å². The maximum atomic E-state index is 12.9. The summed E-state index contributed by atoms with van der Waals surface area (Å²) in [6.45, 7) is 5.71. The van der Waals surface area contributed by atoms with Crippen LogP contribution >= 0.6 is 0 Å². The molecule has 1 atom stereocenters. The van der Waals surface area contributed by atoms with Gasteiger partial charge >= 0.3 is 11.7 Å². The lowest BCUT2D eigenvalue weighted by atomic mass is 9.98. The van der Waals surface area contributed by atoms with Gasteiger partial charge in [0, 0.05) is 13.1 Å². The number of anilines is 2. The van der Waals surface area contributed by atoms with Crippen LogP contribution in [0.15, 0.2) is 39.9 Å². The molecular weight excluding hydrogens is 412 g/mol. The zero-order valence-corrected chi connectivity index (χ0v) is 18.9. The third-order valence-corrected chi connectivity index (χ3v) is 5.17. The highest BCUT2D eigenvalue weighted by Crippen LogP contribution is 2.20. The Morgan fingerprint density at radius 3 is 2.47 bits per heavy atom. The van der Waals surface area contributed by atoms with E-state index in [1.807, 2.05) is 51.1 Å². The summed E-state index contributed by atoms with van der Waals surface area (Å²) in [5.41, 5.74) is 5.65. The molecule has 32 heavy (non-hydrogen) atoms. The lowest BCUT2D eigenvalue weighted by molar-refractivity contribution is -0.148. The average Bonchev–Trinajstić information content (AvgIpc) is 2.77. The summed E-state index contributed by atoms with van der Waals surface area (Å²) < 4.78 is 6.44.